The first-order valence-electron chi connectivity index (χ1n) is 5.46. The van der Waals surface area contributed by atoms with Gasteiger partial charge in [-0.3, -0.25) is 0 Å². The molecular weight excluding hydrogens is 196 g/mol. The van der Waals surface area contributed by atoms with Crippen molar-refractivity contribution in [2.24, 2.45) is 0 Å². The molecule has 82 valence electrons. The predicted octanol–water partition coefficient (Wildman–Crippen LogP) is 4.22. The molecule has 0 fully saturated rings. The smallest absolute Gasteiger partial charge is 0.125 e. The van der Waals surface area contributed by atoms with Gasteiger partial charge in [0.05, 0.1) is 0 Å². The summed E-state index contributed by atoms with van der Waals surface area (Å²) in [5.41, 5.74) is 3.70. The first kappa shape index (κ1) is 10.7. The summed E-state index contributed by atoms with van der Waals surface area (Å²) in [6.07, 6.45) is 4.74. The van der Waals surface area contributed by atoms with Gasteiger partial charge in [0, 0.05) is 6.42 Å². The molecule has 0 bridgehead atoms. The molecule has 1 heterocycles. The van der Waals surface area contributed by atoms with Crippen LogP contribution in [0.5, 0.6) is 0 Å². The zero-order valence-electron chi connectivity index (χ0n) is 9.79. The van der Waals surface area contributed by atoms with Crippen LogP contribution in [0.4, 0.5) is 0 Å². The monoisotopic (exact) mass is 212 g/mol. The third kappa shape index (κ3) is 2.25. The lowest BCUT2D eigenvalue weighted by molar-refractivity contribution is 0.342. The van der Waals surface area contributed by atoms with Gasteiger partial charge in [0.25, 0.3) is 0 Å². The summed E-state index contributed by atoms with van der Waals surface area (Å²) in [6.45, 7) is 7.91. The highest BCUT2D eigenvalue weighted by Crippen LogP contribution is 2.29. The van der Waals surface area contributed by atoms with Crippen LogP contribution in [-0.4, -0.2) is 0 Å². The highest BCUT2D eigenvalue weighted by Gasteiger charge is 2.14. The van der Waals surface area contributed by atoms with E-state index in [1.807, 2.05) is 0 Å². The third-order valence-corrected chi connectivity index (χ3v) is 2.66. The molecule has 1 aliphatic rings. The van der Waals surface area contributed by atoms with E-state index in [0.29, 0.717) is 0 Å². The maximum atomic E-state index is 5.69. The van der Waals surface area contributed by atoms with Crippen LogP contribution in [0.3, 0.4) is 0 Å². The molecule has 0 saturated carbocycles. The maximum absolute atomic E-state index is 5.69. The fourth-order valence-electron chi connectivity index (χ4n) is 1.86. The van der Waals surface area contributed by atoms with Gasteiger partial charge in [-0.2, -0.15) is 0 Å². The Morgan fingerprint density at radius 1 is 1.31 bits per heavy atom. The summed E-state index contributed by atoms with van der Waals surface area (Å²) in [5, 5.41) is 0. The molecule has 1 aliphatic heterocycles. The molecule has 1 aromatic carbocycles. The van der Waals surface area contributed by atoms with Gasteiger partial charge in [-0.05, 0) is 37.1 Å². The van der Waals surface area contributed by atoms with Crippen molar-refractivity contribution in [1.82, 2.24) is 0 Å². The van der Waals surface area contributed by atoms with Crippen molar-refractivity contribution in [3.63, 3.8) is 0 Å². The predicted molar refractivity (Wildman–Crippen MR) is 67.8 cm³/mol. The van der Waals surface area contributed by atoms with Gasteiger partial charge < -0.3 is 4.74 Å². The van der Waals surface area contributed by atoms with Crippen LogP contribution in [0.15, 0.2) is 54.0 Å². The lowest BCUT2D eigenvalue weighted by Crippen LogP contribution is -1.82. The van der Waals surface area contributed by atoms with Crippen molar-refractivity contribution in [2.45, 2.75) is 20.3 Å². The van der Waals surface area contributed by atoms with Crippen molar-refractivity contribution in [3.05, 3.63) is 65.1 Å². The van der Waals surface area contributed by atoms with E-state index in [9.17, 15) is 0 Å². The molecule has 0 N–H and O–H groups in total. The van der Waals surface area contributed by atoms with Gasteiger partial charge in [0.15, 0.2) is 0 Å². The minimum atomic E-state index is 0.884. The van der Waals surface area contributed by atoms with E-state index in [-0.39, 0.29) is 0 Å². The number of allylic oxidation sites excluding steroid dienone is 2. The average molecular weight is 212 g/mol. The van der Waals surface area contributed by atoms with Crippen LogP contribution in [0, 0.1) is 6.92 Å². The van der Waals surface area contributed by atoms with Crippen LogP contribution in [0.2, 0.25) is 0 Å². The number of hydrogen-bond acceptors (Lipinski definition) is 1. The molecule has 0 aromatic heterocycles. The summed E-state index contributed by atoms with van der Waals surface area (Å²) >= 11 is 0. The minimum absolute atomic E-state index is 0.884. The van der Waals surface area contributed by atoms with Gasteiger partial charge >= 0.3 is 0 Å². The van der Waals surface area contributed by atoms with Crippen LogP contribution in [0.25, 0.3) is 6.08 Å². The lowest BCUT2D eigenvalue weighted by atomic mass is 10.1. The molecule has 0 radical (unpaired) electrons. The Labute approximate surface area is 96.8 Å². The Balaban J connectivity index is 2.20. The van der Waals surface area contributed by atoms with E-state index in [0.717, 1.165) is 17.9 Å². The summed E-state index contributed by atoms with van der Waals surface area (Å²) in [6, 6.07) is 8.39. The number of benzene rings is 1. The zero-order valence-corrected chi connectivity index (χ0v) is 9.79. The Bertz CT molecular complexity index is 478. The zero-order chi connectivity index (χ0) is 11.5. The van der Waals surface area contributed by atoms with E-state index < -0.39 is 0 Å². The molecule has 1 aromatic rings. The standard InChI is InChI=1S/C15H16O/c1-4-15-12(3)9-14(16-15)10-13-7-5-6-11(2)8-13/h4-8,10H,1,9H2,2-3H3/b14-10-. The van der Waals surface area contributed by atoms with E-state index >= 15 is 0 Å². The maximum Gasteiger partial charge on any atom is 0.125 e. The Hall–Kier alpha value is -1.76. The molecule has 0 amide bonds. The third-order valence-electron chi connectivity index (χ3n) is 2.66. The Kier molecular flexibility index (Phi) is 2.95. The summed E-state index contributed by atoms with van der Waals surface area (Å²) in [7, 11) is 0. The summed E-state index contributed by atoms with van der Waals surface area (Å²) in [4.78, 5) is 0. The number of hydrogen-bond donors (Lipinski definition) is 0. The van der Waals surface area contributed by atoms with Gasteiger partial charge in [-0.15, -0.1) is 0 Å². The van der Waals surface area contributed by atoms with Crippen LogP contribution < -0.4 is 0 Å². The summed E-state index contributed by atoms with van der Waals surface area (Å²) in [5.74, 6) is 1.90. The van der Waals surface area contributed by atoms with E-state index in [4.69, 9.17) is 4.74 Å². The first-order valence-corrected chi connectivity index (χ1v) is 5.46. The fourth-order valence-corrected chi connectivity index (χ4v) is 1.86. The second kappa shape index (κ2) is 4.40. The summed E-state index contributed by atoms with van der Waals surface area (Å²) < 4.78 is 5.69. The van der Waals surface area contributed by atoms with Crippen molar-refractivity contribution < 1.29 is 4.74 Å². The molecule has 16 heavy (non-hydrogen) atoms. The van der Waals surface area contributed by atoms with Crippen molar-refractivity contribution in [3.8, 4) is 0 Å². The first-order chi connectivity index (χ1) is 7.69. The Morgan fingerprint density at radius 2 is 2.12 bits per heavy atom. The van der Waals surface area contributed by atoms with Gasteiger partial charge in [0.1, 0.15) is 11.5 Å². The molecular formula is C15H16O. The molecule has 1 heteroatoms. The van der Waals surface area contributed by atoms with E-state index in [1.54, 1.807) is 6.08 Å². The SMILES string of the molecule is C=CC1=C(C)C/C(=C/c2cccc(C)c2)O1. The average Bonchev–Trinajstić information content (AvgIpc) is 2.58. The minimum Gasteiger partial charge on any atom is -0.461 e. The van der Waals surface area contributed by atoms with Crippen molar-refractivity contribution in [1.29, 1.82) is 0 Å². The Morgan fingerprint density at radius 3 is 2.75 bits per heavy atom. The van der Waals surface area contributed by atoms with Crippen molar-refractivity contribution >= 4 is 6.08 Å². The van der Waals surface area contributed by atoms with Crippen LogP contribution in [0.1, 0.15) is 24.5 Å². The molecule has 0 aliphatic carbocycles. The number of aryl methyl sites for hydroxylation is 1. The second-order valence-corrected chi connectivity index (χ2v) is 4.15. The molecule has 0 saturated heterocycles. The molecule has 0 unspecified atom stereocenters. The lowest BCUT2D eigenvalue weighted by Gasteiger charge is -2.01. The fraction of sp³-hybridized carbons (Fsp3) is 0.200. The highest BCUT2D eigenvalue weighted by molar-refractivity contribution is 5.54. The van der Waals surface area contributed by atoms with Gasteiger partial charge in [0.2, 0.25) is 0 Å². The number of ether oxygens (including phenoxy) is 1. The quantitative estimate of drug-likeness (QED) is 0.713. The van der Waals surface area contributed by atoms with Gasteiger partial charge in [-0.1, -0.05) is 36.4 Å². The number of rotatable bonds is 2. The van der Waals surface area contributed by atoms with Crippen LogP contribution in [-0.2, 0) is 4.74 Å². The molecule has 2 rings (SSSR count). The van der Waals surface area contributed by atoms with Crippen molar-refractivity contribution in [2.75, 3.05) is 0 Å². The van der Waals surface area contributed by atoms with Crippen LogP contribution >= 0.6 is 0 Å². The van der Waals surface area contributed by atoms with E-state index in [2.05, 4.69) is 50.8 Å². The molecule has 1 nitrogen and oxygen atoms in total. The van der Waals surface area contributed by atoms with Gasteiger partial charge in [-0.25, -0.2) is 0 Å². The van der Waals surface area contributed by atoms with E-state index in [1.165, 1.54) is 16.7 Å². The molecule has 0 atom stereocenters. The second-order valence-electron chi connectivity index (χ2n) is 4.15. The topological polar surface area (TPSA) is 9.23 Å². The highest BCUT2D eigenvalue weighted by atomic mass is 16.5. The molecule has 0 spiro atoms. The largest absolute Gasteiger partial charge is 0.461 e. The normalized spacial score (nSPS) is 17.8.